The van der Waals surface area contributed by atoms with Crippen LogP contribution in [0.1, 0.15) is 18.4 Å². The van der Waals surface area contributed by atoms with Crippen molar-refractivity contribution >= 4 is 45.7 Å². The van der Waals surface area contributed by atoms with Crippen molar-refractivity contribution in [2.45, 2.75) is 19.3 Å². The third kappa shape index (κ3) is 3.75. The topological polar surface area (TPSA) is 83.2 Å². The highest BCUT2D eigenvalue weighted by atomic mass is 35.5. The number of ether oxygens (including phenoxy) is 1. The van der Waals surface area contributed by atoms with E-state index in [9.17, 15) is 9.59 Å². The van der Waals surface area contributed by atoms with Crippen LogP contribution in [0.4, 0.5) is 11.4 Å². The third-order valence-electron chi connectivity index (χ3n) is 4.50. The predicted molar refractivity (Wildman–Crippen MR) is 105 cm³/mol. The molecule has 0 atom stereocenters. The molecule has 0 saturated carbocycles. The minimum absolute atomic E-state index is 0.0490. The van der Waals surface area contributed by atoms with Gasteiger partial charge in [0.25, 0.3) is 5.91 Å². The molecule has 1 aliphatic rings. The van der Waals surface area contributed by atoms with E-state index in [1.165, 1.54) is 10.9 Å². The molecule has 138 valence electrons. The number of rotatable bonds is 5. The second-order valence-corrected chi connectivity index (χ2v) is 6.83. The Balaban J connectivity index is 1.36. The lowest BCUT2D eigenvalue weighted by molar-refractivity contribution is -0.118. The van der Waals surface area contributed by atoms with Gasteiger partial charge >= 0.3 is 0 Å². The highest BCUT2D eigenvalue weighted by molar-refractivity contribution is 6.34. The number of aromatic nitrogens is 1. The van der Waals surface area contributed by atoms with E-state index >= 15 is 0 Å². The van der Waals surface area contributed by atoms with Crippen molar-refractivity contribution in [3.05, 3.63) is 53.2 Å². The highest BCUT2D eigenvalue weighted by Gasteiger charge is 2.19. The van der Waals surface area contributed by atoms with Crippen LogP contribution in [0.25, 0.3) is 10.9 Å². The standard InChI is InChI=1S/C20H18ClN3O3/c21-14-8-17-18(27-11-20(26)24-17)9-16(14)23-19(25)7-3-4-12-10-22-15-6-2-1-5-13(12)15/h1-2,5-6,8-10,22H,3-4,7,11H2,(H,23,25)(H,24,26). The van der Waals surface area contributed by atoms with E-state index in [4.69, 9.17) is 16.3 Å². The van der Waals surface area contributed by atoms with Gasteiger partial charge in [0.15, 0.2) is 6.61 Å². The maximum atomic E-state index is 12.3. The van der Waals surface area contributed by atoms with Gasteiger partial charge in [-0.25, -0.2) is 0 Å². The van der Waals surface area contributed by atoms with Gasteiger partial charge in [-0.3, -0.25) is 9.59 Å². The van der Waals surface area contributed by atoms with E-state index in [2.05, 4.69) is 21.7 Å². The molecular formula is C20H18ClN3O3. The number of carbonyl (C=O) groups is 2. The summed E-state index contributed by atoms with van der Waals surface area (Å²) in [7, 11) is 0. The first-order valence-electron chi connectivity index (χ1n) is 8.71. The van der Waals surface area contributed by atoms with E-state index in [1.807, 2.05) is 24.4 Å². The van der Waals surface area contributed by atoms with Gasteiger partial charge in [-0.2, -0.15) is 0 Å². The minimum atomic E-state index is -0.229. The number of carbonyl (C=O) groups excluding carboxylic acids is 2. The average molecular weight is 384 g/mol. The van der Waals surface area contributed by atoms with Crippen molar-refractivity contribution in [2.75, 3.05) is 17.2 Å². The molecule has 3 N–H and O–H groups in total. The second kappa shape index (κ2) is 7.32. The van der Waals surface area contributed by atoms with E-state index in [0.29, 0.717) is 28.6 Å². The molecule has 0 spiro atoms. The lowest BCUT2D eigenvalue weighted by atomic mass is 10.1. The molecule has 1 aliphatic heterocycles. The van der Waals surface area contributed by atoms with E-state index < -0.39 is 0 Å². The van der Waals surface area contributed by atoms with Gasteiger partial charge < -0.3 is 20.4 Å². The molecule has 2 amide bonds. The molecule has 3 aromatic rings. The first-order valence-corrected chi connectivity index (χ1v) is 9.09. The van der Waals surface area contributed by atoms with Crippen molar-refractivity contribution in [3.63, 3.8) is 0 Å². The van der Waals surface area contributed by atoms with Crippen LogP contribution < -0.4 is 15.4 Å². The lowest BCUT2D eigenvalue weighted by Gasteiger charge is -2.19. The van der Waals surface area contributed by atoms with Gasteiger partial charge in [0, 0.05) is 29.6 Å². The number of para-hydroxylation sites is 1. The first-order chi connectivity index (χ1) is 13.1. The van der Waals surface area contributed by atoms with Crippen molar-refractivity contribution in [3.8, 4) is 5.75 Å². The SMILES string of the molecule is O=C(CCCc1c[nH]c2ccccc12)Nc1cc2c(cc1Cl)NC(=O)CO2. The lowest BCUT2D eigenvalue weighted by Crippen LogP contribution is -2.25. The van der Waals surface area contributed by atoms with Gasteiger partial charge in [-0.1, -0.05) is 29.8 Å². The van der Waals surface area contributed by atoms with Gasteiger partial charge in [-0.05, 0) is 30.5 Å². The number of halogens is 1. The van der Waals surface area contributed by atoms with Crippen LogP contribution in [0, 0.1) is 0 Å². The Kier molecular flexibility index (Phi) is 4.73. The zero-order valence-corrected chi connectivity index (χ0v) is 15.2. The molecule has 0 aliphatic carbocycles. The molecule has 27 heavy (non-hydrogen) atoms. The van der Waals surface area contributed by atoms with E-state index in [-0.39, 0.29) is 18.4 Å². The fraction of sp³-hybridized carbons (Fsp3) is 0.200. The van der Waals surface area contributed by atoms with Crippen LogP contribution in [-0.2, 0) is 16.0 Å². The Morgan fingerprint density at radius 2 is 2.11 bits per heavy atom. The van der Waals surface area contributed by atoms with Gasteiger partial charge in [0.1, 0.15) is 5.75 Å². The Morgan fingerprint density at radius 3 is 3.00 bits per heavy atom. The molecule has 6 nitrogen and oxygen atoms in total. The molecule has 0 unspecified atom stereocenters. The van der Waals surface area contributed by atoms with Crippen LogP contribution in [0.2, 0.25) is 5.02 Å². The fourth-order valence-corrected chi connectivity index (χ4v) is 3.40. The smallest absolute Gasteiger partial charge is 0.262 e. The minimum Gasteiger partial charge on any atom is -0.482 e. The molecule has 1 aromatic heterocycles. The molecule has 4 rings (SSSR count). The number of aryl methyl sites for hydroxylation is 1. The zero-order valence-electron chi connectivity index (χ0n) is 14.5. The summed E-state index contributed by atoms with van der Waals surface area (Å²) in [6.07, 6.45) is 3.91. The number of H-pyrrole nitrogens is 1. The summed E-state index contributed by atoms with van der Waals surface area (Å²) in [6, 6.07) is 11.3. The van der Waals surface area contributed by atoms with Crippen molar-refractivity contribution < 1.29 is 14.3 Å². The van der Waals surface area contributed by atoms with Crippen molar-refractivity contribution in [1.29, 1.82) is 0 Å². The maximum absolute atomic E-state index is 12.3. The molecule has 7 heteroatoms. The van der Waals surface area contributed by atoms with Crippen molar-refractivity contribution in [2.24, 2.45) is 0 Å². The maximum Gasteiger partial charge on any atom is 0.262 e. The summed E-state index contributed by atoms with van der Waals surface area (Å²) in [5.74, 6) is 0.150. The Labute approximate surface area is 160 Å². The summed E-state index contributed by atoms with van der Waals surface area (Å²) in [6.45, 7) is -0.0490. The Bertz CT molecular complexity index is 1030. The number of aromatic amines is 1. The Morgan fingerprint density at radius 1 is 1.26 bits per heavy atom. The van der Waals surface area contributed by atoms with Crippen LogP contribution in [0.15, 0.2) is 42.6 Å². The number of benzene rings is 2. The number of fused-ring (bicyclic) bond motifs is 2. The summed E-state index contributed by atoms with van der Waals surface area (Å²) in [4.78, 5) is 26.9. The summed E-state index contributed by atoms with van der Waals surface area (Å²) >= 11 is 6.21. The van der Waals surface area contributed by atoms with Gasteiger partial charge in [-0.15, -0.1) is 0 Å². The van der Waals surface area contributed by atoms with Crippen LogP contribution in [0.3, 0.4) is 0 Å². The number of amides is 2. The molecule has 0 bridgehead atoms. The average Bonchev–Trinajstić information content (AvgIpc) is 3.06. The first kappa shape index (κ1) is 17.4. The fourth-order valence-electron chi connectivity index (χ4n) is 3.19. The molecule has 2 aromatic carbocycles. The van der Waals surface area contributed by atoms with Crippen LogP contribution in [-0.4, -0.2) is 23.4 Å². The summed E-state index contributed by atoms with van der Waals surface area (Å²) < 4.78 is 5.36. The van der Waals surface area contributed by atoms with Crippen LogP contribution in [0.5, 0.6) is 5.75 Å². The normalized spacial score (nSPS) is 13.0. The number of nitrogens with one attached hydrogen (secondary N) is 3. The highest BCUT2D eigenvalue weighted by Crippen LogP contribution is 2.36. The summed E-state index contributed by atoms with van der Waals surface area (Å²) in [5.41, 5.74) is 3.29. The largest absolute Gasteiger partial charge is 0.482 e. The molecular weight excluding hydrogens is 366 g/mol. The molecule has 0 fully saturated rings. The predicted octanol–water partition coefficient (Wildman–Crippen LogP) is 4.11. The number of anilines is 2. The van der Waals surface area contributed by atoms with E-state index in [0.717, 1.165) is 18.4 Å². The number of hydrogen-bond donors (Lipinski definition) is 3. The molecule has 0 saturated heterocycles. The van der Waals surface area contributed by atoms with E-state index in [1.54, 1.807) is 12.1 Å². The van der Waals surface area contributed by atoms with Gasteiger partial charge in [0.2, 0.25) is 5.91 Å². The summed E-state index contributed by atoms with van der Waals surface area (Å²) in [5, 5.41) is 7.04. The number of hydrogen-bond acceptors (Lipinski definition) is 3. The second-order valence-electron chi connectivity index (χ2n) is 6.43. The zero-order chi connectivity index (χ0) is 18.8. The van der Waals surface area contributed by atoms with Crippen molar-refractivity contribution in [1.82, 2.24) is 4.98 Å². The molecule has 2 heterocycles. The van der Waals surface area contributed by atoms with Gasteiger partial charge in [0.05, 0.1) is 16.4 Å². The van der Waals surface area contributed by atoms with Crippen LogP contribution >= 0.6 is 11.6 Å². The monoisotopic (exact) mass is 383 g/mol. The quantitative estimate of drug-likeness (QED) is 0.619. The Hall–Kier alpha value is -2.99. The third-order valence-corrected chi connectivity index (χ3v) is 4.81. The molecule has 0 radical (unpaired) electrons.